The molecule has 0 radical (unpaired) electrons. The van der Waals surface area contributed by atoms with E-state index in [0.29, 0.717) is 10.7 Å². The van der Waals surface area contributed by atoms with Crippen LogP contribution in [-0.2, 0) is 23.3 Å². The van der Waals surface area contributed by atoms with Crippen molar-refractivity contribution in [3.8, 4) is 0 Å². The lowest BCUT2D eigenvalue weighted by molar-refractivity contribution is 0.260. The number of anilines is 1. The number of nitrogens with zero attached hydrogens (tertiary/aromatic N) is 1. The number of halogens is 1. The molecule has 0 saturated carbocycles. The molecule has 0 saturated heterocycles. The van der Waals surface area contributed by atoms with Gasteiger partial charge in [-0.2, -0.15) is 8.42 Å². The number of nitrogens with one attached hydrogen (secondary N) is 1. The average Bonchev–Trinajstić information content (AvgIpc) is 2.98. The van der Waals surface area contributed by atoms with Crippen LogP contribution in [0.25, 0.3) is 0 Å². The quantitative estimate of drug-likeness (QED) is 0.840. The molecule has 3 rings (SSSR count). The van der Waals surface area contributed by atoms with Crippen LogP contribution < -0.4 is 5.32 Å². The van der Waals surface area contributed by atoms with Crippen molar-refractivity contribution in [2.24, 2.45) is 4.36 Å². The predicted octanol–water partition coefficient (Wildman–Crippen LogP) is 4.11. The summed E-state index contributed by atoms with van der Waals surface area (Å²) in [6.07, 6.45) is 3.96. The van der Waals surface area contributed by atoms with Crippen LogP contribution in [0.15, 0.2) is 52.9 Å². The summed E-state index contributed by atoms with van der Waals surface area (Å²) in [6, 6.07) is 14.0. The number of carbonyl (C=O) groups is 1. The van der Waals surface area contributed by atoms with E-state index >= 15 is 0 Å². The van der Waals surface area contributed by atoms with Crippen molar-refractivity contribution in [2.75, 3.05) is 5.32 Å². The smallest absolute Gasteiger partial charge is 0.305 e. The number of hydrogen-bond acceptors (Lipinski definition) is 3. The second-order valence-corrected chi connectivity index (χ2v) is 5.92. The minimum atomic E-state index is -2.74. The Morgan fingerprint density at radius 3 is 2.09 bits per heavy atom. The van der Waals surface area contributed by atoms with Gasteiger partial charge in [0.1, 0.15) is 0 Å². The van der Waals surface area contributed by atoms with Gasteiger partial charge in [-0.3, -0.25) is 0 Å². The normalized spacial score (nSPS) is 11.7. The van der Waals surface area contributed by atoms with E-state index in [1.807, 2.05) is 0 Å². The van der Waals surface area contributed by atoms with E-state index in [1.54, 1.807) is 23.3 Å². The first-order valence-corrected chi connectivity index (χ1v) is 8.40. The van der Waals surface area contributed by atoms with Crippen molar-refractivity contribution in [1.29, 1.82) is 0 Å². The fraction of sp³-hybridized carbons (Fsp3) is 0.188. The molecular formula is C16H15ClN2O3S. The molecule has 23 heavy (non-hydrogen) atoms. The molecule has 1 N–H and O–H groups in total. The van der Waals surface area contributed by atoms with Crippen LogP contribution in [0.1, 0.15) is 17.5 Å². The van der Waals surface area contributed by atoms with Gasteiger partial charge in [0.25, 0.3) is 0 Å². The van der Waals surface area contributed by atoms with Crippen molar-refractivity contribution in [3.05, 3.63) is 64.7 Å². The van der Waals surface area contributed by atoms with E-state index in [-0.39, 0.29) is 0 Å². The highest BCUT2D eigenvalue weighted by Crippen LogP contribution is 2.20. The van der Waals surface area contributed by atoms with E-state index in [2.05, 4.69) is 33.9 Å². The summed E-state index contributed by atoms with van der Waals surface area (Å²) >= 11 is 5.60. The highest BCUT2D eigenvalue weighted by atomic mass is 35.5. The number of urea groups is 1. The van der Waals surface area contributed by atoms with E-state index in [4.69, 9.17) is 11.6 Å². The molecule has 2 amide bonds. The maximum atomic E-state index is 10.8. The Labute approximate surface area is 141 Å². The maximum Gasteiger partial charge on any atom is 0.360 e. The van der Waals surface area contributed by atoms with Crippen LogP contribution in [0.3, 0.4) is 0 Å². The summed E-state index contributed by atoms with van der Waals surface area (Å²) in [5, 5.41) is 2.76. The molecular weight excluding hydrogens is 336 g/mol. The van der Waals surface area contributed by atoms with E-state index in [1.165, 1.54) is 31.4 Å². The van der Waals surface area contributed by atoms with Crippen molar-refractivity contribution in [1.82, 2.24) is 0 Å². The summed E-state index contributed by atoms with van der Waals surface area (Å²) in [5.41, 5.74) is 3.56. The van der Waals surface area contributed by atoms with Crippen LogP contribution in [0.5, 0.6) is 0 Å². The largest absolute Gasteiger partial charge is 0.360 e. The number of rotatable bonds is 1. The minimum absolute atomic E-state index is 0.425. The summed E-state index contributed by atoms with van der Waals surface area (Å²) in [6.45, 7) is 0. The second-order valence-electron chi connectivity index (χ2n) is 4.87. The van der Waals surface area contributed by atoms with Gasteiger partial charge < -0.3 is 5.32 Å². The Bertz CT molecular complexity index is 786. The molecule has 120 valence electrons. The number of benzene rings is 2. The van der Waals surface area contributed by atoms with Crippen molar-refractivity contribution >= 4 is 33.8 Å². The van der Waals surface area contributed by atoms with Crippen molar-refractivity contribution < 1.29 is 13.2 Å². The van der Waals surface area contributed by atoms with Crippen LogP contribution >= 0.6 is 11.6 Å². The van der Waals surface area contributed by atoms with Crippen LogP contribution in [-0.4, -0.2) is 14.4 Å². The molecule has 0 aliphatic heterocycles. The van der Waals surface area contributed by atoms with E-state index in [0.717, 1.165) is 0 Å². The summed E-state index contributed by atoms with van der Waals surface area (Å²) in [4.78, 5) is 10.8. The Balaban J connectivity index is 0.000000182. The average molecular weight is 351 g/mol. The van der Waals surface area contributed by atoms with Crippen LogP contribution in [0.4, 0.5) is 10.5 Å². The Kier molecular flexibility index (Phi) is 6.31. The molecule has 0 spiro atoms. The molecule has 7 heteroatoms. The number of fused-ring (bicyclic) bond motifs is 1. The first-order chi connectivity index (χ1) is 11.0. The van der Waals surface area contributed by atoms with E-state index in [9.17, 15) is 13.2 Å². The van der Waals surface area contributed by atoms with Gasteiger partial charge in [0.15, 0.2) is 0 Å². The number of hydrogen-bond donors (Lipinski definition) is 1. The molecule has 0 unspecified atom stereocenters. The van der Waals surface area contributed by atoms with Crippen LogP contribution in [0, 0.1) is 0 Å². The topological polar surface area (TPSA) is 75.6 Å². The maximum absolute atomic E-state index is 10.8. The third-order valence-electron chi connectivity index (χ3n) is 3.26. The zero-order chi connectivity index (χ0) is 16.7. The van der Waals surface area contributed by atoms with Crippen molar-refractivity contribution in [2.45, 2.75) is 19.3 Å². The molecule has 2 aromatic rings. The fourth-order valence-corrected chi connectivity index (χ4v) is 2.57. The molecule has 0 heterocycles. The highest BCUT2D eigenvalue weighted by molar-refractivity contribution is 7.62. The zero-order valence-electron chi connectivity index (χ0n) is 12.2. The van der Waals surface area contributed by atoms with E-state index < -0.39 is 16.5 Å². The Hall–Kier alpha value is -2.18. The number of amides is 2. The standard InChI is InChI=1S/C9H10.C7H5ClN2O3S/c1-2-5-9-7-3-6-8(9)4-1;8-5-1-3-6(4-2-5)9-7(11)10-14(12)13/h1-2,4-5H,3,6-7H2;1-4H,(H,9,11). The fourth-order valence-electron chi connectivity index (χ4n) is 2.26. The predicted molar refractivity (Wildman–Crippen MR) is 90.3 cm³/mol. The first-order valence-electron chi connectivity index (χ1n) is 6.99. The minimum Gasteiger partial charge on any atom is -0.305 e. The molecule has 5 nitrogen and oxygen atoms in total. The van der Waals surface area contributed by atoms with Gasteiger partial charge in [-0.05, 0) is 54.7 Å². The van der Waals surface area contributed by atoms with Gasteiger partial charge in [-0.15, -0.1) is 0 Å². The van der Waals surface area contributed by atoms with Gasteiger partial charge in [0.05, 0.1) is 0 Å². The van der Waals surface area contributed by atoms with Gasteiger partial charge in [-0.1, -0.05) is 40.2 Å². The highest BCUT2D eigenvalue weighted by Gasteiger charge is 2.07. The number of carbonyl (C=O) groups excluding carboxylic acids is 1. The lowest BCUT2D eigenvalue weighted by atomic mass is 10.1. The summed E-state index contributed by atoms with van der Waals surface area (Å²) in [7, 11) is -2.74. The molecule has 2 aromatic carbocycles. The second kappa shape index (κ2) is 8.45. The molecule has 0 fully saturated rings. The molecule has 1 aliphatic rings. The van der Waals surface area contributed by atoms with Crippen molar-refractivity contribution in [3.63, 3.8) is 0 Å². The lowest BCUT2D eigenvalue weighted by Gasteiger charge is -1.98. The van der Waals surface area contributed by atoms with Crippen LogP contribution in [0.2, 0.25) is 5.02 Å². The summed E-state index contributed by atoms with van der Waals surface area (Å²) < 4.78 is 22.7. The molecule has 0 atom stereocenters. The monoisotopic (exact) mass is 350 g/mol. The van der Waals surface area contributed by atoms with Gasteiger partial charge in [-0.25, -0.2) is 4.79 Å². The molecule has 0 aromatic heterocycles. The first kappa shape index (κ1) is 17.2. The summed E-state index contributed by atoms with van der Waals surface area (Å²) in [5.74, 6) is 0. The lowest BCUT2D eigenvalue weighted by Crippen LogP contribution is -2.05. The zero-order valence-corrected chi connectivity index (χ0v) is 13.8. The number of aryl methyl sites for hydroxylation is 2. The Morgan fingerprint density at radius 2 is 1.57 bits per heavy atom. The molecule has 1 aliphatic carbocycles. The Morgan fingerprint density at radius 1 is 1.00 bits per heavy atom. The van der Waals surface area contributed by atoms with Gasteiger partial charge >= 0.3 is 16.5 Å². The van der Waals surface area contributed by atoms with Gasteiger partial charge in [0.2, 0.25) is 0 Å². The third kappa shape index (κ3) is 5.84. The SMILES string of the molecule is O=C(N=S(=O)=O)Nc1ccc(Cl)cc1.c1ccc2c(c1)CCC2. The van der Waals surface area contributed by atoms with Gasteiger partial charge in [0, 0.05) is 10.7 Å². The molecule has 0 bridgehead atoms. The third-order valence-corrected chi connectivity index (χ3v) is 3.83.